The summed E-state index contributed by atoms with van der Waals surface area (Å²) in [5.74, 6) is 0.106. The number of anilines is 1. The number of imidazole rings is 1. The summed E-state index contributed by atoms with van der Waals surface area (Å²) < 4.78 is 2.74. The number of rotatable bonds is 5. The molecule has 1 aromatic carbocycles. The first-order chi connectivity index (χ1) is 14.4. The molecule has 3 aromatic rings. The largest absolute Gasteiger partial charge is 0.389 e. The van der Waals surface area contributed by atoms with E-state index < -0.39 is 22.8 Å². The van der Waals surface area contributed by atoms with Crippen molar-refractivity contribution in [2.75, 3.05) is 12.4 Å². The van der Waals surface area contributed by atoms with Gasteiger partial charge in [-0.25, -0.2) is 4.98 Å². The fraction of sp³-hybridized carbons (Fsp3) is 0.333. The highest BCUT2D eigenvalue weighted by atomic mass is 127. The van der Waals surface area contributed by atoms with Crippen LogP contribution in [-0.2, 0) is 11.3 Å². The summed E-state index contributed by atoms with van der Waals surface area (Å²) >= 11 is 9.54. The molecule has 0 radical (unpaired) electrons. The number of benzene rings is 1. The van der Waals surface area contributed by atoms with E-state index >= 15 is 0 Å². The third-order valence-electron chi connectivity index (χ3n) is 4.76. The third-order valence-corrected chi connectivity index (χ3v) is 7.17. The van der Waals surface area contributed by atoms with Gasteiger partial charge in [-0.15, -0.1) is 11.8 Å². The van der Waals surface area contributed by atoms with Crippen LogP contribution in [0, 0.1) is 3.57 Å². The summed E-state index contributed by atoms with van der Waals surface area (Å²) in [4.78, 5) is 24.9. The maximum atomic E-state index is 12.0. The first-order valence-electron chi connectivity index (χ1n) is 9.00. The molecule has 1 unspecified atom stereocenters. The van der Waals surface area contributed by atoms with Gasteiger partial charge in [0.1, 0.15) is 22.8 Å². The van der Waals surface area contributed by atoms with Crippen LogP contribution >= 0.6 is 46.0 Å². The number of aliphatic hydroxyl groups excluding tert-OH is 2. The van der Waals surface area contributed by atoms with Gasteiger partial charge in [-0.05, 0) is 51.9 Å². The molecule has 4 atom stereocenters. The Labute approximate surface area is 194 Å². The topological polar surface area (TPSA) is 125 Å². The predicted octanol–water partition coefficient (Wildman–Crippen LogP) is 1.78. The Morgan fingerprint density at radius 2 is 2.13 bits per heavy atom. The number of carbonyl (C=O) groups excluding carboxylic acids is 1. The van der Waals surface area contributed by atoms with E-state index in [4.69, 9.17) is 11.6 Å². The number of carbonyl (C=O) groups is 1. The fourth-order valence-electron chi connectivity index (χ4n) is 3.28. The summed E-state index contributed by atoms with van der Waals surface area (Å²) in [6.07, 6.45) is -0.884. The molecule has 3 heterocycles. The average Bonchev–Trinajstić information content (AvgIpc) is 3.27. The number of aliphatic hydroxyl groups is 2. The molecule has 1 saturated heterocycles. The van der Waals surface area contributed by atoms with Gasteiger partial charge in [0.25, 0.3) is 0 Å². The Morgan fingerprint density at radius 1 is 1.33 bits per heavy atom. The van der Waals surface area contributed by atoms with Crippen LogP contribution in [0.3, 0.4) is 0 Å². The van der Waals surface area contributed by atoms with E-state index in [1.807, 2.05) is 18.2 Å². The molecule has 1 fully saturated rings. The van der Waals surface area contributed by atoms with E-state index in [-0.39, 0.29) is 11.2 Å². The summed E-state index contributed by atoms with van der Waals surface area (Å²) in [6.45, 7) is 0.518. The van der Waals surface area contributed by atoms with Crippen LogP contribution in [0.15, 0.2) is 30.6 Å². The lowest BCUT2D eigenvalue weighted by Gasteiger charge is -2.17. The van der Waals surface area contributed by atoms with E-state index in [0.29, 0.717) is 23.5 Å². The van der Waals surface area contributed by atoms with Crippen molar-refractivity contribution >= 4 is 68.8 Å². The number of aromatic nitrogens is 4. The quantitative estimate of drug-likeness (QED) is 0.275. The molecule has 158 valence electrons. The van der Waals surface area contributed by atoms with Crippen molar-refractivity contribution in [2.24, 2.45) is 0 Å². The standard InChI is InChI=1S/C18H18ClIN6O3S/c1-21-16(29)13-11(27)12(28)17(30-13)26-7-23-10-14(24-18(19)25-15(10)26)22-6-8-3-2-4-9(20)5-8/h2-5,7,11-13,17,27-28H,6H2,1H3,(H,21,29)(H,22,24,25)/t11-,12+,13?,17+/m0/s1. The second-order valence-corrected chi connectivity index (χ2v) is 9.54. The van der Waals surface area contributed by atoms with Crippen LogP contribution in [0.2, 0.25) is 5.28 Å². The summed E-state index contributed by atoms with van der Waals surface area (Å²) in [5, 5.41) is 25.1. The highest BCUT2D eigenvalue weighted by molar-refractivity contribution is 14.1. The number of hydrogen-bond donors (Lipinski definition) is 4. The molecule has 12 heteroatoms. The first-order valence-corrected chi connectivity index (χ1v) is 11.4. The second-order valence-electron chi connectivity index (χ2n) is 6.69. The van der Waals surface area contributed by atoms with Crippen LogP contribution in [0.25, 0.3) is 11.2 Å². The van der Waals surface area contributed by atoms with Crippen LogP contribution in [0.5, 0.6) is 0 Å². The number of amides is 1. The first kappa shape index (κ1) is 21.6. The smallest absolute Gasteiger partial charge is 0.235 e. The zero-order valence-electron chi connectivity index (χ0n) is 15.7. The lowest BCUT2D eigenvalue weighted by Crippen LogP contribution is -2.39. The monoisotopic (exact) mass is 560 g/mol. The van der Waals surface area contributed by atoms with Gasteiger partial charge in [-0.3, -0.25) is 9.36 Å². The lowest BCUT2D eigenvalue weighted by atomic mass is 10.1. The Bertz CT molecular complexity index is 1100. The van der Waals surface area contributed by atoms with Crippen molar-refractivity contribution < 1.29 is 15.0 Å². The molecule has 0 bridgehead atoms. The van der Waals surface area contributed by atoms with Crippen molar-refractivity contribution in [3.8, 4) is 0 Å². The molecule has 1 aliphatic heterocycles. The molecule has 9 nitrogen and oxygen atoms in total. The molecule has 0 saturated carbocycles. The Balaban J connectivity index is 1.64. The van der Waals surface area contributed by atoms with Gasteiger partial charge < -0.3 is 20.8 Å². The van der Waals surface area contributed by atoms with Gasteiger partial charge in [0.05, 0.1) is 6.33 Å². The van der Waals surface area contributed by atoms with E-state index in [1.54, 1.807) is 4.57 Å². The summed E-state index contributed by atoms with van der Waals surface area (Å²) in [6, 6.07) is 8.04. The van der Waals surface area contributed by atoms with E-state index in [0.717, 1.165) is 20.9 Å². The molecular weight excluding hydrogens is 543 g/mol. The van der Waals surface area contributed by atoms with Gasteiger partial charge in [-0.1, -0.05) is 12.1 Å². The minimum absolute atomic E-state index is 0.0234. The van der Waals surface area contributed by atoms with Crippen LogP contribution in [0.1, 0.15) is 10.9 Å². The molecule has 4 rings (SSSR count). The predicted molar refractivity (Wildman–Crippen MR) is 123 cm³/mol. The van der Waals surface area contributed by atoms with E-state index in [1.165, 1.54) is 13.4 Å². The van der Waals surface area contributed by atoms with Crippen molar-refractivity contribution in [1.82, 2.24) is 24.8 Å². The van der Waals surface area contributed by atoms with Crippen LogP contribution in [0.4, 0.5) is 5.82 Å². The molecule has 4 N–H and O–H groups in total. The molecule has 1 amide bonds. The average molecular weight is 561 g/mol. The Hall–Kier alpha value is -1.67. The van der Waals surface area contributed by atoms with Crippen LogP contribution < -0.4 is 10.6 Å². The summed E-state index contributed by atoms with van der Waals surface area (Å²) in [5.41, 5.74) is 1.96. The zero-order valence-corrected chi connectivity index (χ0v) is 19.4. The van der Waals surface area contributed by atoms with Crippen molar-refractivity contribution in [2.45, 2.75) is 29.4 Å². The number of nitrogens with zero attached hydrogens (tertiary/aromatic N) is 4. The normalized spacial score (nSPS) is 23.6. The van der Waals surface area contributed by atoms with Gasteiger partial charge >= 0.3 is 0 Å². The van der Waals surface area contributed by atoms with Gasteiger partial charge in [-0.2, -0.15) is 9.97 Å². The van der Waals surface area contributed by atoms with Crippen molar-refractivity contribution in [3.05, 3.63) is 45.0 Å². The second kappa shape index (κ2) is 8.83. The maximum absolute atomic E-state index is 12.0. The molecule has 1 aliphatic rings. The van der Waals surface area contributed by atoms with Crippen molar-refractivity contribution in [3.63, 3.8) is 0 Å². The van der Waals surface area contributed by atoms with E-state index in [9.17, 15) is 15.0 Å². The highest BCUT2D eigenvalue weighted by Gasteiger charge is 2.47. The fourth-order valence-corrected chi connectivity index (χ4v) is 5.52. The summed E-state index contributed by atoms with van der Waals surface area (Å²) in [7, 11) is 1.49. The zero-order chi connectivity index (χ0) is 21.4. The number of halogens is 2. The SMILES string of the molecule is CNC(=O)C1S[C@@H](n2cnc3c(NCc4cccc(I)c4)nc(Cl)nc32)[C@H](O)[C@@H]1O. The molecule has 2 aromatic heterocycles. The minimum atomic E-state index is -1.21. The lowest BCUT2D eigenvalue weighted by molar-refractivity contribution is -0.122. The number of nitrogens with one attached hydrogen (secondary N) is 2. The Kier molecular flexibility index (Phi) is 6.34. The Morgan fingerprint density at radius 3 is 2.87 bits per heavy atom. The highest BCUT2D eigenvalue weighted by Crippen LogP contribution is 2.43. The molecular formula is C18H18ClIN6O3S. The van der Waals surface area contributed by atoms with Gasteiger partial charge in [0.2, 0.25) is 11.2 Å². The molecule has 30 heavy (non-hydrogen) atoms. The minimum Gasteiger partial charge on any atom is -0.389 e. The number of fused-ring (bicyclic) bond motifs is 1. The third kappa shape index (κ3) is 4.08. The number of hydrogen-bond acceptors (Lipinski definition) is 8. The van der Waals surface area contributed by atoms with E-state index in [2.05, 4.69) is 54.2 Å². The van der Waals surface area contributed by atoms with Crippen molar-refractivity contribution in [1.29, 1.82) is 0 Å². The van der Waals surface area contributed by atoms with Crippen LogP contribution in [-0.4, -0.2) is 60.1 Å². The molecule has 0 spiro atoms. The maximum Gasteiger partial charge on any atom is 0.235 e. The van der Waals surface area contributed by atoms with Gasteiger partial charge in [0.15, 0.2) is 17.0 Å². The molecule has 0 aliphatic carbocycles. The van der Waals surface area contributed by atoms with Gasteiger partial charge in [0, 0.05) is 17.2 Å². The number of thioether (sulfide) groups is 1.